The van der Waals surface area contributed by atoms with E-state index in [0.29, 0.717) is 22.6 Å². The molecule has 1 aromatic carbocycles. The van der Waals surface area contributed by atoms with Gasteiger partial charge >= 0.3 is 18.1 Å². The normalized spacial score (nSPS) is 16.2. The van der Waals surface area contributed by atoms with E-state index < -0.39 is 40.2 Å². The summed E-state index contributed by atoms with van der Waals surface area (Å²) in [4.78, 5) is 41.8. The van der Waals surface area contributed by atoms with Crippen LogP contribution in [0.5, 0.6) is 5.75 Å². The minimum Gasteiger partial charge on any atom is -0.398 e. The molecule has 1 aliphatic rings. The van der Waals surface area contributed by atoms with Crippen LogP contribution in [0.15, 0.2) is 42.7 Å². The minimum absolute atomic E-state index is 0.0634. The maximum absolute atomic E-state index is 13.0. The first-order chi connectivity index (χ1) is 13.9. The molecular formula is C18H15F3N4O5. The highest BCUT2D eigenvalue weighted by molar-refractivity contribution is 6.23. The van der Waals surface area contributed by atoms with E-state index in [-0.39, 0.29) is 12.2 Å². The third kappa shape index (κ3) is 3.88. The lowest BCUT2D eigenvalue weighted by atomic mass is 10.0. The fourth-order valence-electron chi connectivity index (χ4n) is 3.00. The van der Waals surface area contributed by atoms with Gasteiger partial charge in [-0.1, -0.05) is 0 Å². The second-order valence-electron chi connectivity index (χ2n) is 6.88. The zero-order valence-corrected chi connectivity index (χ0v) is 15.7. The van der Waals surface area contributed by atoms with Gasteiger partial charge in [-0.2, -0.15) is 0 Å². The smallest absolute Gasteiger partial charge is 0.398 e. The van der Waals surface area contributed by atoms with Gasteiger partial charge in [0.25, 0.3) is 5.91 Å². The van der Waals surface area contributed by atoms with Gasteiger partial charge in [0.1, 0.15) is 5.54 Å². The molecule has 3 rings (SSSR count). The summed E-state index contributed by atoms with van der Waals surface area (Å²) in [6.07, 6.45) is -2.11. The van der Waals surface area contributed by atoms with Crippen molar-refractivity contribution in [2.75, 3.05) is 4.90 Å². The number of alkyl halides is 3. The van der Waals surface area contributed by atoms with E-state index in [0.717, 1.165) is 6.07 Å². The molecule has 0 radical (unpaired) electrons. The van der Waals surface area contributed by atoms with E-state index >= 15 is 0 Å². The van der Waals surface area contributed by atoms with Crippen molar-refractivity contribution in [2.24, 2.45) is 0 Å². The summed E-state index contributed by atoms with van der Waals surface area (Å²) in [6, 6.07) is 4.93. The number of benzene rings is 1. The van der Waals surface area contributed by atoms with Crippen LogP contribution in [-0.2, 0) is 11.3 Å². The first-order valence-corrected chi connectivity index (χ1v) is 8.51. The lowest BCUT2D eigenvalue weighted by Crippen LogP contribution is -2.43. The Morgan fingerprint density at radius 1 is 1.17 bits per heavy atom. The molecule has 0 spiro atoms. The number of imide groups is 1. The largest absolute Gasteiger partial charge is 0.573 e. The van der Waals surface area contributed by atoms with Gasteiger partial charge in [0.2, 0.25) is 5.75 Å². The Kier molecular flexibility index (Phi) is 5.10. The number of carbonyl (C=O) groups is 2. The second kappa shape index (κ2) is 7.28. The summed E-state index contributed by atoms with van der Waals surface area (Å²) in [5.41, 5.74) is -1.87. The van der Waals surface area contributed by atoms with E-state index in [1.54, 1.807) is 12.1 Å². The van der Waals surface area contributed by atoms with E-state index in [2.05, 4.69) is 9.72 Å². The molecule has 2 heterocycles. The summed E-state index contributed by atoms with van der Waals surface area (Å²) in [7, 11) is 0. The molecule has 30 heavy (non-hydrogen) atoms. The highest BCUT2D eigenvalue weighted by Crippen LogP contribution is 2.39. The third-order valence-electron chi connectivity index (χ3n) is 4.54. The van der Waals surface area contributed by atoms with Crippen molar-refractivity contribution in [3.8, 4) is 5.75 Å². The van der Waals surface area contributed by atoms with Crippen LogP contribution in [0, 0.1) is 10.1 Å². The summed E-state index contributed by atoms with van der Waals surface area (Å²) >= 11 is 0. The van der Waals surface area contributed by atoms with E-state index in [1.807, 2.05) is 0 Å². The molecule has 3 amide bonds. The molecule has 0 atom stereocenters. The minimum atomic E-state index is -5.14. The van der Waals surface area contributed by atoms with Gasteiger partial charge in [-0.05, 0) is 43.7 Å². The Morgan fingerprint density at radius 3 is 2.37 bits per heavy atom. The Morgan fingerprint density at radius 2 is 1.80 bits per heavy atom. The monoisotopic (exact) mass is 424 g/mol. The van der Waals surface area contributed by atoms with Gasteiger partial charge in [-0.25, -0.2) is 9.69 Å². The topological polar surface area (TPSA) is 106 Å². The maximum Gasteiger partial charge on any atom is 0.573 e. The van der Waals surface area contributed by atoms with Crippen LogP contribution in [0.3, 0.4) is 0 Å². The van der Waals surface area contributed by atoms with Gasteiger partial charge in [-0.15, -0.1) is 13.2 Å². The molecule has 0 bridgehead atoms. The van der Waals surface area contributed by atoms with Gasteiger partial charge in [0, 0.05) is 25.0 Å². The SMILES string of the molecule is CC1(C)C(=O)N(c2ccc(OC(F)(F)F)c([N+](=O)[O-])c2)C(=O)N1Cc1ccncc1. The van der Waals surface area contributed by atoms with Crippen LogP contribution in [0.25, 0.3) is 0 Å². The van der Waals surface area contributed by atoms with Crippen LogP contribution < -0.4 is 9.64 Å². The quantitative estimate of drug-likeness (QED) is 0.412. The lowest BCUT2D eigenvalue weighted by Gasteiger charge is -2.27. The summed E-state index contributed by atoms with van der Waals surface area (Å²) in [6.45, 7) is 3.07. The molecule has 158 valence electrons. The first-order valence-electron chi connectivity index (χ1n) is 8.51. The maximum atomic E-state index is 13.0. The number of nitro benzene ring substituents is 1. The van der Waals surface area contributed by atoms with E-state index in [9.17, 15) is 32.9 Å². The average molecular weight is 424 g/mol. The summed E-state index contributed by atoms with van der Waals surface area (Å²) in [5.74, 6) is -1.73. The van der Waals surface area contributed by atoms with Gasteiger partial charge < -0.3 is 9.64 Å². The molecular weight excluding hydrogens is 409 g/mol. The Bertz CT molecular complexity index is 1010. The molecule has 0 N–H and O–H groups in total. The molecule has 1 aliphatic heterocycles. The predicted octanol–water partition coefficient (Wildman–Crippen LogP) is 3.64. The van der Waals surface area contributed by atoms with Gasteiger partial charge in [-0.3, -0.25) is 19.9 Å². The van der Waals surface area contributed by atoms with Crippen LogP contribution >= 0.6 is 0 Å². The molecule has 0 unspecified atom stereocenters. The van der Waals surface area contributed by atoms with E-state index in [4.69, 9.17) is 0 Å². The number of amides is 3. The lowest BCUT2D eigenvalue weighted by molar-refractivity contribution is -0.388. The number of carbonyl (C=O) groups excluding carboxylic acids is 2. The van der Waals surface area contributed by atoms with Crippen molar-refractivity contribution < 1.29 is 32.4 Å². The number of nitro groups is 1. The van der Waals surface area contributed by atoms with Crippen LogP contribution in [0.4, 0.5) is 29.3 Å². The van der Waals surface area contributed by atoms with Crippen LogP contribution in [0.1, 0.15) is 19.4 Å². The van der Waals surface area contributed by atoms with Crippen molar-refractivity contribution in [2.45, 2.75) is 32.3 Å². The standard InChI is InChI=1S/C18H15F3N4O5/c1-17(2)15(26)24(16(27)23(17)10-11-5-7-22-8-6-11)12-3-4-14(30-18(19,20)21)13(9-12)25(28)29/h3-9H,10H2,1-2H3. The molecule has 1 aromatic heterocycles. The molecule has 0 saturated carbocycles. The van der Waals surface area contributed by atoms with Crippen molar-refractivity contribution >= 4 is 23.3 Å². The van der Waals surface area contributed by atoms with Crippen molar-refractivity contribution in [3.63, 3.8) is 0 Å². The number of aromatic nitrogens is 1. The molecule has 12 heteroatoms. The number of urea groups is 1. The molecule has 0 aliphatic carbocycles. The summed E-state index contributed by atoms with van der Waals surface area (Å²) < 4.78 is 41.1. The number of nitrogens with zero attached hydrogens (tertiary/aromatic N) is 4. The predicted molar refractivity (Wildman–Crippen MR) is 96.5 cm³/mol. The fourth-order valence-corrected chi connectivity index (χ4v) is 3.00. The Labute approximate surface area is 167 Å². The number of halogens is 3. The molecule has 1 fully saturated rings. The first kappa shape index (κ1) is 21.0. The van der Waals surface area contributed by atoms with Gasteiger partial charge in [0.05, 0.1) is 10.6 Å². The highest BCUT2D eigenvalue weighted by Gasteiger charge is 2.52. The number of rotatable bonds is 5. The second-order valence-corrected chi connectivity index (χ2v) is 6.88. The average Bonchev–Trinajstić information content (AvgIpc) is 2.81. The number of anilines is 1. The Balaban J connectivity index is 1.99. The number of hydrogen-bond acceptors (Lipinski definition) is 6. The molecule has 9 nitrogen and oxygen atoms in total. The molecule has 1 saturated heterocycles. The zero-order valence-electron chi connectivity index (χ0n) is 15.7. The van der Waals surface area contributed by atoms with Crippen molar-refractivity contribution in [1.82, 2.24) is 9.88 Å². The zero-order chi connectivity index (χ0) is 22.3. The van der Waals surface area contributed by atoms with Crippen molar-refractivity contribution in [1.29, 1.82) is 0 Å². The Hall–Kier alpha value is -3.70. The summed E-state index contributed by atoms with van der Waals surface area (Å²) in [5, 5.41) is 11.2. The van der Waals surface area contributed by atoms with E-state index in [1.165, 1.54) is 31.1 Å². The number of pyridine rings is 1. The highest BCUT2D eigenvalue weighted by atomic mass is 19.4. The van der Waals surface area contributed by atoms with Crippen LogP contribution in [0.2, 0.25) is 0 Å². The molecule has 2 aromatic rings. The van der Waals surface area contributed by atoms with Crippen LogP contribution in [-0.4, -0.2) is 38.6 Å². The number of ether oxygens (including phenoxy) is 1. The van der Waals surface area contributed by atoms with Gasteiger partial charge in [0.15, 0.2) is 0 Å². The van der Waals surface area contributed by atoms with Crippen molar-refractivity contribution in [3.05, 3.63) is 58.4 Å². The fraction of sp³-hybridized carbons (Fsp3) is 0.278. The number of hydrogen-bond donors (Lipinski definition) is 0. The third-order valence-corrected chi connectivity index (χ3v) is 4.54.